The Kier molecular flexibility index (Phi) is 6.16. The van der Waals surface area contributed by atoms with Crippen molar-refractivity contribution in [1.82, 2.24) is 0 Å². The molecule has 0 aromatic heterocycles. The van der Waals surface area contributed by atoms with Crippen LogP contribution in [0.15, 0.2) is 59.6 Å². The summed E-state index contributed by atoms with van der Waals surface area (Å²) in [6, 6.07) is 16.0. The SMILES string of the molecule is CC.CCc1ccc(C2=CCC(Cc3ccc(O)cc3)=N2)cc1. The highest BCUT2D eigenvalue weighted by Crippen LogP contribution is 2.24. The lowest BCUT2D eigenvalue weighted by atomic mass is 10.1. The van der Waals surface area contributed by atoms with Crippen LogP contribution in [0.25, 0.3) is 5.70 Å². The first-order chi connectivity index (χ1) is 11.2. The first-order valence-corrected chi connectivity index (χ1v) is 8.38. The Labute approximate surface area is 139 Å². The number of hydrogen-bond donors (Lipinski definition) is 1. The number of aliphatic imine (C=N–C) groups is 1. The van der Waals surface area contributed by atoms with Crippen LogP contribution >= 0.6 is 0 Å². The van der Waals surface area contributed by atoms with Crippen molar-refractivity contribution in [3.05, 3.63) is 71.3 Å². The number of allylic oxidation sites excluding steroid dienone is 1. The fourth-order valence-electron chi connectivity index (χ4n) is 2.53. The van der Waals surface area contributed by atoms with Gasteiger partial charge in [0.1, 0.15) is 5.75 Å². The van der Waals surface area contributed by atoms with Crippen molar-refractivity contribution >= 4 is 11.4 Å². The summed E-state index contributed by atoms with van der Waals surface area (Å²) in [5.41, 5.74) is 5.97. The quantitative estimate of drug-likeness (QED) is 0.805. The van der Waals surface area contributed by atoms with Gasteiger partial charge in [0, 0.05) is 18.6 Å². The van der Waals surface area contributed by atoms with E-state index in [-0.39, 0.29) is 0 Å². The number of hydrogen-bond acceptors (Lipinski definition) is 2. The van der Waals surface area contributed by atoms with E-state index < -0.39 is 0 Å². The second-order valence-corrected chi connectivity index (χ2v) is 5.37. The van der Waals surface area contributed by atoms with Crippen LogP contribution in [0.5, 0.6) is 5.75 Å². The van der Waals surface area contributed by atoms with Gasteiger partial charge in [-0.1, -0.05) is 63.2 Å². The Morgan fingerprint density at radius 3 is 2.13 bits per heavy atom. The fraction of sp³-hybridized carbons (Fsp3) is 0.286. The minimum absolute atomic E-state index is 0.307. The molecule has 0 bridgehead atoms. The summed E-state index contributed by atoms with van der Waals surface area (Å²) in [5, 5.41) is 9.31. The van der Waals surface area contributed by atoms with Gasteiger partial charge in [0.25, 0.3) is 0 Å². The summed E-state index contributed by atoms with van der Waals surface area (Å²) in [7, 11) is 0. The van der Waals surface area contributed by atoms with E-state index >= 15 is 0 Å². The average Bonchev–Trinajstić information content (AvgIpc) is 3.07. The topological polar surface area (TPSA) is 32.6 Å². The average molecular weight is 307 g/mol. The molecule has 23 heavy (non-hydrogen) atoms. The fourth-order valence-corrected chi connectivity index (χ4v) is 2.53. The molecule has 120 valence electrons. The molecule has 1 heterocycles. The van der Waals surface area contributed by atoms with Gasteiger partial charge in [-0.15, -0.1) is 0 Å². The van der Waals surface area contributed by atoms with Crippen LogP contribution in [0.1, 0.15) is 43.9 Å². The molecule has 0 unspecified atom stereocenters. The highest BCUT2D eigenvalue weighted by atomic mass is 16.3. The smallest absolute Gasteiger partial charge is 0.115 e. The Hall–Kier alpha value is -2.35. The van der Waals surface area contributed by atoms with Crippen molar-refractivity contribution in [2.75, 3.05) is 0 Å². The van der Waals surface area contributed by atoms with Crippen molar-refractivity contribution in [2.45, 2.75) is 40.0 Å². The minimum atomic E-state index is 0.307. The predicted molar refractivity (Wildman–Crippen MR) is 99.0 cm³/mol. The molecule has 1 aliphatic heterocycles. The van der Waals surface area contributed by atoms with Gasteiger partial charge < -0.3 is 5.11 Å². The Morgan fingerprint density at radius 2 is 1.52 bits per heavy atom. The molecule has 0 aliphatic carbocycles. The van der Waals surface area contributed by atoms with Crippen LogP contribution in [0.3, 0.4) is 0 Å². The third-order valence-corrected chi connectivity index (χ3v) is 3.81. The molecule has 0 saturated carbocycles. The summed E-state index contributed by atoms with van der Waals surface area (Å²) >= 11 is 0. The van der Waals surface area contributed by atoms with E-state index in [0.717, 1.165) is 25.0 Å². The third kappa shape index (κ3) is 4.56. The van der Waals surface area contributed by atoms with E-state index in [9.17, 15) is 5.11 Å². The maximum absolute atomic E-state index is 9.31. The molecule has 0 radical (unpaired) electrons. The van der Waals surface area contributed by atoms with E-state index in [0.29, 0.717) is 5.75 Å². The van der Waals surface area contributed by atoms with E-state index in [2.05, 4.69) is 37.3 Å². The largest absolute Gasteiger partial charge is 0.508 e. The second kappa shape index (κ2) is 8.33. The number of nitrogens with zero attached hydrogens (tertiary/aromatic N) is 1. The van der Waals surface area contributed by atoms with Gasteiger partial charge in [-0.2, -0.15) is 0 Å². The molecule has 3 rings (SSSR count). The highest BCUT2D eigenvalue weighted by molar-refractivity contribution is 5.97. The van der Waals surface area contributed by atoms with Crippen LogP contribution in [0.2, 0.25) is 0 Å². The van der Waals surface area contributed by atoms with Crippen LogP contribution < -0.4 is 0 Å². The molecule has 2 heteroatoms. The molecule has 0 saturated heterocycles. The summed E-state index contributed by atoms with van der Waals surface area (Å²) in [6.45, 7) is 6.16. The minimum Gasteiger partial charge on any atom is -0.508 e. The van der Waals surface area contributed by atoms with E-state index in [1.165, 1.54) is 22.4 Å². The van der Waals surface area contributed by atoms with Gasteiger partial charge >= 0.3 is 0 Å². The van der Waals surface area contributed by atoms with Crippen LogP contribution in [0.4, 0.5) is 0 Å². The Morgan fingerprint density at radius 1 is 0.913 bits per heavy atom. The molecule has 1 aliphatic rings. The van der Waals surface area contributed by atoms with Gasteiger partial charge in [-0.3, -0.25) is 4.99 Å². The number of phenolic OH excluding ortho intramolecular Hbond substituents is 1. The van der Waals surface area contributed by atoms with Crippen molar-refractivity contribution in [3.63, 3.8) is 0 Å². The number of aromatic hydroxyl groups is 1. The molecular formula is C21H25NO. The molecule has 0 spiro atoms. The number of aryl methyl sites for hydroxylation is 1. The number of benzene rings is 2. The van der Waals surface area contributed by atoms with Gasteiger partial charge in [0.05, 0.1) is 5.70 Å². The highest BCUT2D eigenvalue weighted by Gasteiger charge is 2.11. The molecule has 0 atom stereocenters. The zero-order chi connectivity index (χ0) is 16.7. The molecule has 2 aromatic carbocycles. The number of phenols is 1. The van der Waals surface area contributed by atoms with Crippen molar-refractivity contribution in [3.8, 4) is 5.75 Å². The summed E-state index contributed by atoms with van der Waals surface area (Å²) in [5.74, 6) is 0.307. The molecule has 2 nitrogen and oxygen atoms in total. The van der Waals surface area contributed by atoms with Gasteiger partial charge in [-0.05, 0) is 35.2 Å². The van der Waals surface area contributed by atoms with Crippen molar-refractivity contribution in [1.29, 1.82) is 0 Å². The predicted octanol–water partition coefficient (Wildman–Crippen LogP) is 5.41. The number of rotatable bonds is 4. The van der Waals surface area contributed by atoms with Gasteiger partial charge in [0.15, 0.2) is 0 Å². The summed E-state index contributed by atoms with van der Waals surface area (Å²) < 4.78 is 0. The first-order valence-electron chi connectivity index (χ1n) is 8.38. The van der Waals surface area contributed by atoms with E-state index in [4.69, 9.17) is 4.99 Å². The lowest BCUT2D eigenvalue weighted by Crippen LogP contribution is -1.98. The van der Waals surface area contributed by atoms with Crippen LogP contribution in [-0.2, 0) is 12.8 Å². The summed E-state index contributed by atoms with van der Waals surface area (Å²) in [6.07, 6.45) is 5.00. The van der Waals surface area contributed by atoms with Crippen LogP contribution in [0, 0.1) is 0 Å². The van der Waals surface area contributed by atoms with Crippen molar-refractivity contribution < 1.29 is 5.11 Å². The second-order valence-electron chi connectivity index (χ2n) is 5.37. The van der Waals surface area contributed by atoms with E-state index in [1.807, 2.05) is 26.0 Å². The standard InChI is InChI=1S/C19H19NO.C2H6/c1-2-14-3-7-16(8-4-14)19-12-9-17(20-19)13-15-5-10-18(21)11-6-15;1-2/h3-8,10-12,21H,2,9,13H2,1H3;1-2H3. The lowest BCUT2D eigenvalue weighted by molar-refractivity contribution is 0.475. The monoisotopic (exact) mass is 307 g/mol. The zero-order valence-electron chi connectivity index (χ0n) is 14.2. The van der Waals surface area contributed by atoms with Gasteiger partial charge in [0.2, 0.25) is 0 Å². The maximum atomic E-state index is 9.31. The van der Waals surface area contributed by atoms with Crippen LogP contribution in [-0.4, -0.2) is 10.8 Å². The molecule has 1 N–H and O–H groups in total. The summed E-state index contributed by atoms with van der Waals surface area (Å²) in [4.78, 5) is 4.75. The van der Waals surface area contributed by atoms with Gasteiger partial charge in [-0.25, -0.2) is 0 Å². The Balaban J connectivity index is 0.000000924. The lowest BCUT2D eigenvalue weighted by Gasteiger charge is -2.03. The molecule has 2 aromatic rings. The molecule has 0 fully saturated rings. The molecular weight excluding hydrogens is 282 g/mol. The maximum Gasteiger partial charge on any atom is 0.115 e. The van der Waals surface area contributed by atoms with E-state index in [1.54, 1.807) is 12.1 Å². The Bertz CT molecular complexity index is 679. The van der Waals surface area contributed by atoms with Crippen molar-refractivity contribution in [2.24, 2.45) is 4.99 Å². The first kappa shape index (κ1) is 17.0. The zero-order valence-corrected chi connectivity index (χ0v) is 14.2. The third-order valence-electron chi connectivity index (χ3n) is 3.81. The molecule has 0 amide bonds. The normalized spacial score (nSPS) is 13.0.